The fourth-order valence-electron chi connectivity index (χ4n) is 1.14. The molecule has 0 saturated heterocycles. The van der Waals surface area contributed by atoms with E-state index in [-0.39, 0.29) is 0 Å². The highest BCUT2D eigenvalue weighted by Gasteiger charge is 1.97. The Morgan fingerprint density at radius 3 is 2.75 bits per heavy atom. The largest absolute Gasteiger partial charge is 0.476 e. The summed E-state index contributed by atoms with van der Waals surface area (Å²) in [5, 5.41) is 3.18. The van der Waals surface area contributed by atoms with E-state index in [2.05, 4.69) is 22.2 Å². The Labute approximate surface area is 96.2 Å². The number of methoxy groups -OCH3 is 1. The lowest BCUT2D eigenvalue weighted by Crippen LogP contribution is -2.13. The summed E-state index contributed by atoms with van der Waals surface area (Å²) in [7, 11) is 1.68. The highest BCUT2D eigenvalue weighted by Crippen LogP contribution is 2.04. The summed E-state index contributed by atoms with van der Waals surface area (Å²) >= 11 is 0. The van der Waals surface area contributed by atoms with Crippen LogP contribution in [0.1, 0.15) is 19.0 Å². The number of nitrogens with zero attached hydrogens (tertiary/aromatic N) is 2. The second-order valence-corrected chi connectivity index (χ2v) is 3.32. The Hall–Kier alpha value is -1.20. The molecule has 0 saturated carbocycles. The second kappa shape index (κ2) is 8.01. The lowest BCUT2D eigenvalue weighted by Gasteiger charge is -2.05. The first kappa shape index (κ1) is 12.9. The maximum absolute atomic E-state index is 5.39. The zero-order valence-corrected chi connectivity index (χ0v) is 9.90. The molecule has 0 spiro atoms. The summed E-state index contributed by atoms with van der Waals surface area (Å²) in [5.41, 5.74) is 0.922. The van der Waals surface area contributed by atoms with E-state index in [1.165, 1.54) is 0 Å². The van der Waals surface area contributed by atoms with Crippen LogP contribution >= 0.6 is 0 Å². The van der Waals surface area contributed by atoms with Crippen molar-refractivity contribution in [1.82, 2.24) is 15.3 Å². The van der Waals surface area contributed by atoms with Gasteiger partial charge in [0.1, 0.15) is 0 Å². The van der Waals surface area contributed by atoms with Crippen molar-refractivity contribution in [3.05, 3.63) is 18.1 Å². The van der Waals surface area contributed by atoms with Crippen LogP contribution < -0.4 is 10.1 Å². The van der Waals surface area contributed by atoms with Crippen LogP contribution in [0.5, 0.6) is 5.88 Å². The van der Waals surface area contributed by atoms with Crippen LogP contribution in [-0.4, -0.2) is 36.8 Å². The fraction of sp³-hybridized carbons (Fsp3) is 0.636. The van der Waals surface area contributed by atoms with Gasteiger partial charge in [0.25, 0.3) is 0 Å². The molecule has 5 heteroatoms. The van der Waals surface area contributed by atoms with Crippen molar-refractivity contribution >= 4 is 0 Å². The van der Waals surface area contributed by atoms with Crippen LogP contribution in [0.25, 0.3) is 0 Å². The van der Waals surface area contributed by atoms with Crippen LogP contribution in [0, 0.1) is 0 Å². The van der Waals surface area contributed by atoms with Crippen LogP contribution in [0.15, 0.2) is 12.4 Å². The van der Waals surface area contributed by atoms with Gasteiger partial charge in [-0.25, -0.2) is 4.98 Å². The number of ether oxygens (including phenoxy) is 2. The average Bonchev–Trinajstić information content (AvgIpc) is 2.33. The van der Waals surface area contributed by atoms with E-state index >= 15 is 0 Å². The molecule has 1 aromatic heterocycles. The predicted molar refractivity (Wildman–Crippen MR) is 61.4 cm³/mol. The Balaban J connectivity index is 2.27. The minimum Gasteiger partial charge on any atom is -0.476 e. The molecule has 0 atom stereocenters. The van der Waals surface area contributed by atoms with Gasteiger partial charge >= 0.3 is 0 Å². The van der Waals surface area contributed by atoms with Crippen molar-refractivity contribution in [3.63, 3.8) is 0 Å². The van der Waals surface area contributed by atoms with Crippen LogP contribution in [-0.2, 0) is 11.3 Å². The van der Waals surface area contributed by atoms with Crippen LogP contribution in [0.4, 0.5) is 0 Å². The molecular formula is C11H19N3O2. The van der Waals surface area contributed by atoms with Gasteiger partial charge in [-0.3, -0.25) is 4.98 Å². The Morgan fingerprint density at radius 1 is 1.25 bits per heavy atom. The van der Waals surface area contributed by atoms with E-state index in [1.54, 1.807) is 19.5 Å². The van der Waals surface area contributed by atoms with Crippen molar-refractivity contribution in [1.29, 1.82) is 0 Å². The normalized spacial score (nSPS) is 10.4. The summed E-state index contributed by atoms with van der Waals surface area (Å²) in [5.74, 6) is 0.566. The molecule has 0 amide bonds. The Bertz CT molecular complexity index is 277. The third-order valence-electron chi connectivity index (χ3n) is 1.98. The first-order chi connectivity index (χ1) is 7.86. The molecule has 0 aromatic carbocycles. The lowest BCUT2D eigenvalue weighted by atomic mass is 10.4. The molecule has 0 fully saturated rings. The summed E-state index contributed by atoms with van der Waals surface area (Å²) in [6, 6.07) is 0. The molecule has 90 valence electrons. The topological polar surface area (TPSA) is 56.3 Å². The van der Waals surface area contributed by atoms with Gasteiger partial charge in [-0.1, -0.05) is 6.92 Å². The standard InChI is InChI=1S/C11H19N3O2/c1-3-12-7-10-8-14-11(9-13-10)16-6-4-5-15-2/h8-9,12H,3-7H2,1-2H3. The summed E-state index contributed by atoms with van der Waals surface area (Å²) in [4.78, 5) is 8.40. The molecule has 0 unspecified atom stereocenters. The maximum atomic E-state index is 5.39. The maximum Gasteiger partial charge on any atom is 0.232 e. The first-order valence-corrected chi connectivity index (χ1v) is 5.50. The van der Waals surface area contributed by atoms with Gasteiger partial charge < -0.3 is 14.8 Å². The minimum atomic E-state index is 0.566. The minimum absolute atomic E-state index is 0.566. The van der Waals surface area contributed by atoms with Gasteiger partial charge in [0.2, 0.25) is 5.88 Å². The molecule has 5 nitrogen and oxygen atoms in total. The smallest absolute Gasteiger partial charge is 0.232 e. The molecule has 1 rings (SSSR count). The molecule has 0 aliphatic carbocycles. The molecular weight excluding hydrogens is 206 g/mol. The first-order valence-electron chi connectivity index (χ1n) is 5.50. The Kier molecular flexibility index (Phi) is 6.44. The molecule has 1 N–H and O–H groups in total. The molecule has 0 bridgehead atoms. The van der Waals surface area contributed by atoms with Gasteiger partial charge in [-0.2, -0.15) is 0 Å². The van der Waals surface area contributed by atoms with E-state index in [0.717, 1.165) is 25.2 Å². The lowest BCUT2D eigenvalue weighted by molar-refractivity contribution is 0.170. The number of hydrogen-bond acceptors (Lipinski definition) is 5. The number of hydrogen-bond donors (Lipinski definition) is 1. The quantitative estimate of drug-likeness (QED) is 0.669. The van der Waals surface area contributed by atoms with Crippen molar-refractivity contribution in [2.24, 2.45) is 0 Å². The Morgan fingerprint density at radius 2 is 2.12 bits per heavy atom. The van der Waals surface area contributed by atoms with E-state index < -0.39 is 0 Å². The summed E-state index contributed by atoms with van der Waals surface area (Å²) < 4.78 is 10.3. The van der Waals surface area contributed by atoms with Gasteiger partial charge in [0.05, 0.1) is 24.7 Å². The van der Waals surface area contributed by atoms with Gasteiger partial charge in [-0.05, 0) is 6.54 Å². The van der Waals surface area contributed by atoms with Crippen molar-refractivity contribution < 1.29 is 9.47 Å². The molecule has 0 radical (unpaired) electrons. The van der Waals surface area contributed by atoms with E-state index in [0.29, 0.717) is 19.1 Å². The molecule has 1 heterocycles. The van der Waals surface area contributed by atoms with Crippen molar-refractivity contribution in [3.8, 4) is 5.88 Å². The average molecular weight is 225 g/mol. The number of rotatable bonds is 8. The third kappa shape index (κ3) is 5.04. The zero-order valence-electron chi connectivity index (χ0n) is 9.90. The zero-order chi connectivity index (χ0) is 11.6. The molecule has 0 aliphatic rings. The summed E-state index contributed by atoms with van der Waals surface area (Å²) in [6.45, 7) is 5.03. The molecule has 0 aliphatic heterocycles. The van der Waals surface area contributed by atoms with Crippen LogP contribution in [0.3, 0.4) is 0 Å². The number of aromatic nitrogens is 2. The fourth-order valence-corrected chi connectivity index (χ4v) is 1.14. The SMILES string of the molecule is CCNCc1cnc(OCCCOC)cn1. The van der Waals surface area contributed by atoms with E-state index in [4.69, 9.17) is 9.47 Å². The third-order valence-corrected chi connectivity index (χ3v) is 1.98. The van der Waals surface area contributed by atoms with E-state index in [1.807, 2.05) is 0 Å². The molecule has 1 aromatic rings. The van der Waals surface area contributed by atoms with Crippen LogP contribution in [0.2, 0.25) is 0 Å². The van der Waals surface area contributed by atoms with Crippen molar-refractivity contribution in [2.75, 3.05) is 26.9 Å². The molecule has 16 heavy (non-hydrogen) atoms. The predicted octanol–water partition coefficient (Wildman–Crippen LogP) is 1.00. The monoisotopic (exact) mass is 225 g/mol. The number of nitrogens with one attached hydrogen (secondary N) is 1. The van der Waals surface area contributed by atoms with Crippen molar-refractivity contribution in [2.45, 2.75) is 19.9 Å². The van der Waals surface area contributed by atoms with Gasteiger partial charge in [-0.15, -0.1) is 0 Å². The van der Waals surface area contributed by atoms with Gasteiger partial charge in [0.15, 0.2) is 0 Å². The highest BCUT2D eigenvalue weighted by atomic mass is 16.5. The van der Waals surface area contributed by atoms with E-state index in [9.17, 15) is 0 Å². The highest BCUT2D eigenvalue weighted by molar-refractivity contribution is 5.06. The summed E-state index contributed by atoms with van der Waals surface area (Å²) in [6.07, 6.45) is 4.24. The van der Waals surface area contributed by atoms with Gasteiger partial charge in [0, 0.05) is 26.7 Å². The second-order valence-electron chi connectivity index (χ2n) is 3.32.